The molecule has 3 nitrogen and oxygen atoms in total. The van der Waals surface area contributed by atoms with E-state index in [1.165, 1.54) is 12.1 Å². The second kappa shape index (κ2) is 5.70. The molecule has 1 aromatic carbocycles. The van der Waals surface area contributed by atoms with Crippen molar-refractivity contribution in [1.82, 2.24) is 9.97 Å². The van der Waals surface area contributed by atoms with Crippen molar-refractivity contribution >= 4 is 17.6 Å². The topological polar surface area (TPSA) is 51.8 Å². The Morgan fingerprint density at radius 1 is 1.15 bits per heavy atom. The smallest absolute Gasteiger partial charge is 0.384 e. The highest BCUT2D eigenvalue weighted by atomic mass is 32.2. The number of hydrogen-bond acceptors (Lipinski definition) is 4. The summed E-state index contributed by atoms with van der Waals surface area (Å²) in [6, 6.07) is 7.58. The summed E-state index contributed by atoms with van der Waals surface area (Å²) in [4.78, 5) is 8.53. The highest BCUT2D eigenvalue weighted by Gasteiger charge is 2.29. The third-order valence-electron chi connectivity index (χ3n) is 2.51. The normalized spacial score (nSPS) is 11.6. The van der Waals surface area contributed by atoms with Crippen LogP contribution in [0.5, 0.6) is 0 Å². The Hall–Kier alpha value is -1.76. The molecule has 2 N–H and O–H groups in total. The number of benzene rings is 1. The van der Waals surface area contributed by atoms with Crippen molar-refractivity contribution in [3.05, 3.63) is 36.0 Å². The van der Waals surface area contributed by atoms with E-state index < -0.39 is 5.51 Å². The van der Waals surface area contributed by atoms with Gasteiger partial charge in [-0.1, -0.05) is 19.1 Å². The van der Waals surface area contributed by atoms with Crippen LogP contribution in [-0.4, -0.2) is 15.5 Å². The number of aromatic nitrogens is 2. The van der Waals surface area contributed by atoms with Gasteiger partial charge in [-0.3, -0.25) is 0 Å². The predicted molar refractivity (Wildman–Crippen MR) is 73.2 cm³/mol. The molecule has 0 fully saturated rings. The van der Waals surface area contributed by atoms with Crippen molar-refractivity contribution in [2.24, 2.45) is 0 Å². The largest absolute Gasteiger partial charge is 0.446 e. The molecule has 20 heavy (non-hydrogen) atoms. The molecule has 0 amide bonds. The Balaban J connectivity index is 2.28. The fraction of sp³-hybridized carbons (Fsp3) is 0.231. The van der Waals surface area contributed by atoms with E-state index in [1.54, 1.807) is 18.2 Å². The average Bonchev–Trinajstić information content (AvgIpc) is 2.37. The van der Waals surface area contributed by atoms with Crippen LogP contribution >= 0.6 is 11.8 Å². The van der Waals surface area contributed by atoms with Crippen LogP contribution in [0.25, 0.3) is 11.4 Å². The van der Waals surface area contributed by atoms with E-state index in [2.05, 4.69) is 9.97 Å². The Kier molecular flexibility index (Phi) is 4.17. The van der Waals surface area contributed by atoms with Gasteiger partial charge in [0, 0.05) is 22.2 Å². The van der Waals surface area contributed by atoms with Gasteiger partial charge >= 0.3 is 5.51 Å². The standard InChI is InChI=1S/C13H12F3N3S/c1-2-9-7-11(17)19-12(18-9)8-3-5-10(6-4-8)20-13(14,15)16/h3-7H,2H2,1H3,(H2,17,18,19). The molecule has 7 heteroatoms. The number of alkyl halides is 3. The highest BCUT2D eigenvalue weighted by molar-refractivity contribution is 8.00. The van der Waals surface area contributed by atoms with Crippen LogP contribution in [0.2, 0.25) is 0 Å². The van der Waals surface area contributed by atoms with Gasteiger partial charge in [-0.2, -0.15) is 13.2 Å². The lowest BCUT2D eigenvalue weighted by molar-refractivity contribution is -0.0328. The summed E-state index contributed by atoms with van der Waals surface area (Å²) in [6.45, 7) is 1.94. The van der Waals surface area contributed by atoms with Crippen molar-refractivity contribution in [1.29, 1.82) is 0 Å². The second-order valence-corrected chi connectivity index (χ2v) is 5.17. The fourth-order valence-electron chi connectivity index (χ4n) is 1.63. The summed E-state index contributed by atoms with van der Waals surface area (Å²) in [5.41, 5.74) is 2.82. The summed E-state index contributed by atoms with van der Waals surface area (Å²) in [7, 11) is 0. The summed E-state index contributed by atoms with van der Waals surface area (Å²) in [5.74, 6) is 0.769. The molecule has 0 aliphatic carbocycles. The summed E-state index contributed by atoms with van der Waals surface area (Å²) in [6.07, 6.45) is 0.710. The van der Waals surface area contributed by atoms with Gasteiger partial charge in [-0.05, 0) is 30.3 Å². The number of nitrogens with two attached hydrogens (primary N) is 1. The molecule has 0 unspecified atom stereocenters. The number of thioether (sulfide) groups is 1. The van der Waals surface area contributed by atoms with E-state index in [-0.39, 0.29) is 16.7 Å². The Labute approximate surface area is 118 Å². The van der Waals surface area contributed by atoms with Crippen LogP contribution < -0.4 is 5.73 Å². The van der Waals surface area contributed by atoms with E-state index in [0.717, 1.165) is 5.69 Å². The maximum atomic E-state index is 12.2. The predicted octanol–water partition coefficient (Wildman–Crippen LogP) is 3.90. The monoisotopic (exact) mass is 299 g/mol. The summed E-state index contributed by atoms with van der Waals surface area (Å²) >= 11 is -0.150. The lowest BCUT2D eigenvalue weighted by Gasteiger charge is -2.07. The van der Waals surface area contributed by atoms with E-state index in [9.17, 15) is 13.2 Å². The first-order chi connectivity index (χ1) is 9.37. The van der Waals surface area contributed by atoms with Gasteiger partial charge < -0.3 is 5.73 Å². The first-order valence-electron chi connectivity index (χ1n) is 5.87. The van der Waals surface area contributed by atoms with Gasteiger partial charge in [0.15, 0.2) is 5.82 Å². The minimum Gasteiger partial charge on any atom is -0.384 e. The molecule has 0 aliphatic rings. The minimum atomic E-state index is -4.29. The number of aryl methyl sites for hydroxylation is 1. The molecule has 0 atom stereocenters. The van der Waals surface area contributed by atoms with Gasteiger partial charge in [0.2, 0.25) is 0 Å². The summed E-state index contributed by atoms with van der Waals surface area (Å²) < 4.78 is 36.7. The molecule has 0 bridgehead atoms. The molecule has 2 aromatic rings. The van der Waals surface area contributed by atoms with Crippen molar-refractivity contribution in [3.63, 3.8) is 0 Å². The fourth-order valence-corrected chi connectivity index (χ4v) is 2.17. The maximum Gasteiger partial charge on any atom is 0.446 e. The van der Waals surface area contributed by atoms with Crippen molar-refractivity contribution < 1.29 is 13.2 Å². The molecular formula is C13H12F3N3S. The number of hydrogen-bond donors (Lipinski definition) is 1. The average molecular weight is 299 g/mol. The van der Waals surface area contributed by atoms with E-state index in [4.69, 9.17) is 5.73 Å². The molecule has 2 rings (SSSR count). The molecule has 0 saturated heterocycles. The molecule has 106 valence electrons. The van der Waals surface area contributed by atoms with Crippen molar-refractivity contribution in [2.45, 2.75) is 23.7 Å². The maximum absolute atomic E-state index is 12.2. The lowest BCUT2D eigenvalue weighted by atomic mass is 10.2. The summed E-state index contributed by atoms with van der Waals surface area (Å²) in [5, 5.41) is 0. The van der Waals surface area contributed by atoms with Crippen LogP contribution in [0, 0.1) is 0 Å². The minimum absolute atomic E-state index is 0.126. The van der Waals surface area contributed by atoms with Crippen LogP contribution in [0.1, 0.15) is 12.6 Å². The quantitative estimate of drug-likeness (QED) is 0.873. The number of rotatable bonds is 3. The number of anilines is 1. The Bertz CT molecular complexity index is 597. The molecule has 1 heterocycles. The molecule has 0 aliphatic heterocycles. The van der Waals surface area contributed by atoms with Crippen LogP contribution in [-0.2, 0) is 6.42 Å². The van der Waals surface area contributed by atoms with Crippen molar-refractivity contribution in [2.75, 3.05) is 5.73 Å². The van der Waals surface area contributed by atoms with Gasteiger partial charge in [-0.25, -0.2) is 9.97 Å². The third-order valence-corrected chi connectivity index (χ3v) is 3.25. The Morgan fingerprint density at radius 3 is 2.35 bits per heavy atom. The first-order valence-corrected chi connectivity index (χ1v) is 6.68. The zero-order valence-electron chi connectivity index (χ0n) is 10.6. The van der Waals surface area contributed by atoms with E-state index in [1.807, 2.05) is 6.92 Å². The number of nitrogens with zero attached hydrogens (tertiary/aromatic N) is 2. The highest BCUT2D eigenvalue weighted by Crippen LogP contribution is 2.37. The van der Waals surface area contributed by atoms with Crippen LogP contribution in [0.4, 0.5) is 19.0 Å². The molecule has 1 aromatic heterocycles. The lowest BCUT2D eigenvalue weighted by Crippen LogP contribution is -2.00. The van der Waals surface area contributed by atoms with E-state index >= 15 is 0 Å². The molecule has 0 spiro atoms. The van der Waals surface area contributed by atoms with Crippen LogP contribution in [0.15, 0.2) is 35.2 Å². The van der Waals surface area contributed by atoms with Crippen molar-refractivity contribution in [3.8, 4) is 11.4 Å². The zero-order valence-corrected chi connectivity index (χ0v) is 11.4. The number of halogens is 3. The van der Waals surface area contributed by atoms with Gasteiger partial charge in [0.1, 0.15) is 5.82 Å². The second-order valence-electron chi connectivity index (χ2n) is 4.03. The zero-order chi connectivity index (χ0) is 14.8. The van der Waals surface area contributed by atoms with Crippen LogP contribution in [0.3, 0.4) is 0 Å². The van der Waals surface area contributed by atoms with E-state index in [0.29, 0.717) is 23.6 Å². The first kappa shape index (κ1) is 14.6. The third kappa shape index (κ3) is 3.86. The number of nitrogen functional groups attached to an aromatic ring is 1. The van der Waals surface area contributed by atoms with Gasteiger partial charge in [-0.15, -0.1) is 0 Å². The SMILES string of the molecule is CCc1cc(N)nc(-c2ccc(SC(F)(F)F)cc2)n1. The molecule has 0 saturated carbocycles. The van der Waals surface area contributed by atoms with Gasteiger partial charge in [0.25, 0.3) is 0 Å². The molecule has 0 radical (unpaired) electrons. The Morgan fingerprint density at radius 2 is 1.80 bits per heavy atom. The molecular weight excluding hydrogens is 287 g/mol. The van der Waals surface area contributed by atoms with Gasteiger partial charge in [0.05, 0.1) is 0 Å².